The molecular weight excluding hydrogens is 263 g/mol. The Labute approximate surface area is 92.3 Å². The second-order valence-electron chi connectivity index (χ2n) is 2.62. The van der Waals surface area contributed by atoms with Crippen LogP contribution in [-0.2, 0) is 19.6 Å². The van der Waals surface area contributed by atoms with E-state index in [1.54, 1.807) is 0 Å². The Morgan fingerprint density at radius 1 is 1.23 bits per heavy atom. The first kappa shape index (κ1) is 9.10. The molecule has 0 saturated heterocycles. The fourth-order valence-corrected chi connectivity index (χ4v) is 2.46. The van der Waals surface area contributed by atoms with E-state index in [1.807, 2.05) is 23.6 Å². The van der Waals surface area contributed by atoms with Crippen LogP contribution in [0.3, 0.4) is 0 Å². The number of aromatic nitrogens is 2. The standard InChI is InChI=1S/C8H6BN2S.Mo/c1-2-4-7(5-3-1)9-8-6-12-11-10-8;/h1-6H;/q+1;-1. The topological polar surface area (TPSA) is 25.8 Å². The molecule has 0 radical (unpaired) electrons. The van der Waals surface area contributed by atoms with Gasteiger partial charge in [-0.2, -0.15) is 0 Å². The van der Waals surface area contributed by atoms with Crippen LogP contribution in [0.5, 0.6) is 0 Å². The first-order chi connectivity index (χ1) is 6.38. The quantitative estimate of drug-likeness (QED) is 0.727. The third-order valence-electron chi connectivity index (χ3n) is 1.75. The van der Waals surface area contributed by atoms with Crippen molar-refractivity contribution in [3.8, 4) is 0 Å². The molecule has 0 atom stereocenters. The molecule has 0 N–H and O–H groups in total. The first-order valence-electron chi connectivity index (χ1n) is 3.85. The van der Waals surface area contributed by atoms with Gasteiger partial charge in [0.2, 0.25) is 0 Å². The van der Waals surface area contributed by atoms with Crippen LogP contribution in [0.2, 0.25) is 0 Å². The molecule has 0 amide bonds. The van der Waals surface area contributed by atoms with E-state index >= 15 is 0 Å². The number of rotatable bonds is 2. The summed E-state index contributed by atoms with van der Waals surface area (Å²) in [6.45, 7) is 0. The van der Waals surface area contributed by atoms with Gasteiger partial charge in [0.25, 0.3) is 0 Å². The van der Waals surface area contributed by atoms with Crippen LogP contribution in [-0.4, -0.2) is 14.6 Å². The molecular formula is C8H6BMoN2S. The molecule has 63 valence electrons. The van der Waals surface area contributed by atoms with Crippen LogP contribution < -0.4 is 11.1 Å². The molecule has 2 rings (SSSR count). The summed E-state index contributed by atoms with van der Waals surface area (Å²) in [6, 6.07) is 10.4. The summed E-state index contributed by atoms with van der Waals surface area (Å²) in [5.41, 5.74) is 2.35. The van der Waals surface area contributed by atoms with Crippen molar-refractivity contribution >= 4 is 27.6 Å². The molecule has 1 heterocycles. The first-order valence-corrected chi connectivity index (χ1v) is 5.85. The number of hydrogen-bond donors (Lipinski definition) is 0. The molecule has 1 aromatic heterocycles. The Kier molecular flexibility index (Phi) is 2.91. The van der Waals surface area contributed by atoms with Crippen molar-refractivity contribution in [2.75, 3.05) is 0 Å². The van der Waals surface area contributed by atoms with E-state index in [1.165, 1.54) is 17.0 Å². The average Bonchev–Trinajstić information content (AvgIpc) is 2.71. The number of hydrogen-bond acceptors (Lipinski definition) is 3. The molecule has 0 spiro atoms. The average molecular weight is 269 g/mol. The van der Waals surface area contributed by atoms with Gasteiger partial charge in [0.1, 0.15) is 0 Å². The second-order valence-corrected chi connectivity index (χ2v) is 4.39. The molecule has 0 aliphatic heterocycles. The molecule has 13 heavy (non-hydrogen) atoms. The van der Waals surface area contributed by atoms with Gasteiger partial charge in [-0.25, -0.2) is 0 Å². The van der Waals surface area contributed by atoms with Crippen LogP contribution >= 0.6 is 11.5 Å². The van der Waals surface area contributed by atoms with Crippen molar-refractivity contribution < 1.29 is 19.6 Å². The SMILES string of the molecule is [Mo][B](c1ccccc1)c1csnn1. The zero-order chi connectivity index (χ0) is 9.10. The van der Waals surface area contributed by atoms with Gasteiger partial charge in [-0.05, 0) is 0 Å². The van der Waals surface area contributed by atoms with Gasteiger partial charge in [0.15, 0.2) is 0 Å². The molecule has 0 fully saturated rings. The summed E-state index contributed by atoms with van der Waals surface area (Å²) in [5.74, 6) is 0. The van der Waals surface area contributed by atoms with Crippen molar-refractivity contribution in [3.05, 3.63) is 35.7 Å². The minimum absolute atomic E-state index is 0.357. The summed E-state index contributed by atoms with van der Waals surface area (Å²) < 4.78 is 3.86. The fraction of sp³-hybridized carbons (Fsp3) is 0. The summed E-state index contributed by atoms with van der Waals surface area (Å²) in [6.07, 6.45) is 0. The van der Waals surface area contributed by atoms with Crippen LogP contribution in [0.4, 0.5) is 0 Å². The third kappa shape index (κ3) is 2.06. The summed E-state index contributed by atoms with van der Waals surface area (Å²) in [4.78, 5) is 0.357. The Balaban J connectivity index is 2.29. The predicted octanol–water partition coefficient (Wildman–Crippen LogP) is 0.191. The van der Waals surface area contributed by atoms with Crippen LogP contribution in [0, 0.1) is 0 Å². The summed E-state index contributed by atoms with van der Waals surface area (Å²) in [5, 5.41) is 6.06. The summed E-state index contributed by atoms with van der Waals surface area (Å²) in [7, 11) is 0. The maximum atomic E-state index is 4.06. The minimum atomic E-state index is 0.357. The van der Waals surface area contributed by atoms with Crippen molar-refractivity contribution in [3.63, 3.8) is 0 Å². The second kappa shape index (κ2) is 4.16. The van der Waals surface area contributed by atoms with Gasteiger partial charge in [0, 0.05) is 0 Å². The van der Waals surface area contributed by atoms with Gasteiger partial charge in [0.05, 0.1) is 0 Å². The fourth-order valence-electron chi connectivity index (χ4n) is 1.08. The zero-order valence-corrected chi connectivity index (χ0v) is 9.58. The zero-order valence-electron chi connectivity index (χ0n) is 6.75. The van der Waals surface area contributed by atoms with Gasteiger partial charge in [-0.15, -0.1) is 0 Å². The Morgan fingerprint density at radius 3 is 2.62 bits per heavy atom. The van der Waals surface area contributed by atoms with Crippen molar-refractivity contribution in [1.29, 1.82) is 0 Å². The van der Waals surface area contributed by atoms with Gasteiger partial charge >= 0.3 is 92.5 Å². The molecule has 0 aliphatic rings. The Morgan fingerprint density at radius 2 is 2.00 bits per heavy atom. The van der Waals surface area contributed by atoms with E-state index in [4.69, 9.17) is 0 Å². The van der Waals surface area contributed by atoms with E-state index < -0.39 is 0 Å². The molecule has 0 saturated carbocycles. The molecule has 0 aliphatic carbocycles. The molecule has 1 aromatic carbocycles. The summed E-state index contributed by atoms with van der Waals surface area (Å²) >= 11 is 3.47. The van der Waals surface area contributed by atoms with Crippen LogP contribution in [0.25, 0.3) is 0 Å². The molecule has 2 aromatic rings. The van der Waals surface area contributed by atoms with Crippen molar-refractivity contribution in [1.82, 2.24) is 9.59 Å². The van der Waals surface area contributed by atoms with E-state index in [-0.39, 0.29) is 0 Å². The van der Waals surface area contributed by atoms with Crippen LogP contribution in [0.1, 0.15) is 0 Å². The van der Waals surface area contributed by atoms with E-state index in [9.17, 15) is 0 Å². The van der Waals surface area contributed by atoms with E-state index in [0.717, 1.165) is 5.59 Å². The normalized spacial score (nSPS) is 9.85. The van der Waals surface area contributed by atoms with Crippen LogP contribution in [0.15, 0.2) is 35.7 Å². The maximum absolute atomic E-state index is 4.06. The molecule has 0 unspecified atom stereocenters. The van der Waals surface area contributed by atoms with Gasteiger partial charge < -0.3 is 0 Å². The molecule has 5 heteroatoms. The Bertz CT molecular complexity index is 365. The monoisotopic (exact) mass is 271 g/mol. The number of nitrogens with zero attached hydrogens (tertiary/aromatic N) is 2. The van der Waals surface area contributed by atoms with E-state index in [2.05, 4.69) is 41.3 Å². The number of benzene rings is 1. The molecule has 2 nitrogen and oxygen atoms in total. The van der Waals surface area contributed by atoms with Gasteiger partial charge in [-0.1, -0.05) is 0 Å². The van der Waals surface area contributed by atoms with Crippen molar-refractivity contribution in [2.45, 2.75) is 0 Å². The molecule has 0 bridgehead atoms. The predicted molar refractivity (Wildman–Crippen MR) is 51.4 cm³/mol. The third-order valence-corrected chi connectivity index (χ3v) is 3.53. The van der Waals surface area contributed by atoms with E-state index in [0.29, 0.717) is 4.98 Å². The Hall–Kier alpha value is -0.467. The van der Waals surface area contributed by atoms with Crippen molar-refractivity contribution in [2.24, 2.45) is 0 Å². The van der Waals surface area contributed by atoms with Gasteiger partial charge in [-0.3, -0.25) is 0 Å².